The van der Waals surface area contributed by atoms with Crippen molar-refractivity contribution < 1.29 is 13.7 Å². The Morgan fingerprint density at radius 2 is 1.95 bits per heavy atom. The molecule has 1 N–H and O–H groups in total. The summed E-state index contributed by atoms with van der Waals surface area (Å²) in [6.45, 7) is 3.37. The first-order valence-electron chi connectivity index (χ1n) is 6.07. The van der Waals surface area contributed by atoms with Crippen LogP contribution in [0.15, 0.2) is 24.5 Å². The van der Waals surface area contributed by atoms with Crippen molar-refractivity contribution in [1.29, 1.82) is 0 Å². The fraction of sp³-hybridized carbons (Fsp3) is 0.231. The molecule has 0 amide bonds. The van der Waals surface area contributed by atoms with E-state index >= 15 is 0 Å². The zero-order chi connectivity index (χ0) is 15.6. The molecule has 8 heteroatoms. The zero-order valence-electron chi connectivity index (χ0n) is 11.3. The molecule has 1 heterocycles. The van der Waals surface area contributed by atoms with Crippen LogP contribution in [0.5, 0.6) is 0 Å². The summed E-state index contributed by atoms with van der Waals surface area (Å²) < 4.78 is 26.9. The molecule has 2 aromatic rings. The van der Waals surface area contributed by atoms with Gasteiger partial charge in [-0.2, -0.15) is 0 Å². The molecule has 0 bridgehead atoms. The maximum atomic E-state index is 13.8. The van der Waals surface area contributed by atoms with Gasteiger partial charge in [-0.3, -0.25) is 20.1 Å². The Balaban J connectivity index is 2.40. The van der Waals surface area contributed by atoms with Crippen LogP contribution in [0.3, 0.4) is 0 Å². The van der Waals surface area contributed by atoms with Crippen molar-refractivity contribution in [3.8, 4) is 0 Å². The second kappa shape index (κ2) is 5.78. The molecule has 1 unspecified atom stereocenters. The largest absolute Gasteiger partial charge is 0.369 e. The predicted octanol–water partition coefficient (Wildman–Crippen LogP) is 3.14. The van der Waals surface area contributed by atoms with Gasteiger partial charge in [-0.15, -0.1) is 0 Å². The van der Waals surface area contributed by atoms with Gasteiger partial charge >= 0.3 is 0 Å². The maximum absolute atomic E-state index is 13.8. The number of nitro benzene ring substituents is 1. The number of aromatic nitrogens is 2. The van der Waals surface area contributed by atoms with Crippen molar-refractivity contribution in [2.24, 2.45) is 0 Å². The van der Waals surface area contributed by atoms with E-state index in [9.17, 15) is 18.9 Å². The van der Waals surface area contributed by atoms with Gasteiger partial charge in [0.25, 0.3) is 5.69 Å². The monoisotopic (exact) mass is 294 g/mol. The molecule has 110 valence electrons. The van der Waals surface area contributed by atoms with Crippen molar-refractivity contribution in [2.75, 3.05) is 5.32 Å². The quantitative estimate of drug-likeness (QED) is 0.692. The molecule has 0 aliphatic heterocycles. The number of nitrogens with zero attached hydrogens (tertiary/aromatic N) is 3. The number of nitro groups is 1. The molecular weight excluding hydrogens is 282 g/mol. The summed E-state index contributed by atoms with van der Waals surface area (Å²) in [5, 5.41) is 13.6. The van der Waals surface area contributed by atoms with E-state index in [4.69, 9.17) is 0 Å². The Labute approximate surface area is 119 Å². The lowest BCUT2D eigenvalue weighted by Gasteiger charge is -2.16. The molecule has 0 saturated carbocycles. The first-order valence-corrected chi connectivity index (χ1v) is 6.07. The summed E-state index contributed by atoms with van der Waals surface area (Å²) in [6, 6.07) is 0.727. The Morgan fingerprint density at radius 3 is 2.57 bits per heavy atom. The van der Waals surface area contributed by atoms with E-state index in [0.717, 1.165) is 0 Å². The van der Waals surface area contributed by atoms with Crippen LogP contribution in [0.1, 0.15) is 24.4 Å². The van der Waals surface area contributed by atoms with Gasteiger partial charge in [0.2, 0.25) is 0 Å². The van der Waals surface area contributed by atoms with Crippen LogP contribution in [0.4, 0.5) is 20.2 Å². The third-order valence-corrected chi connectivity index (χ3v) is 2.92. The first kappa shape index (κ1) is 14.8. The normalized spacial score (nSPS) is 12.0. The summed E-state index contributed by atoms with van der Waals surface area (Å²) in [5.41, 5.74) is 0.0954. The van der Waals surface area contributed by atoms with E-state index in [2.05, 4.69) is 15.3 Å². The van der Waals surface area contributed by atoms with Crippen LogP contribution in [0.25, 0.3) is 0 Å². The highest BCUT2D eigenvalue weighted by molar-refractivity contribution is 5.63. The molecule has 0 fully saturated rings. The zero-order valence-corrected chi connectivity index (χ0v) is 11.3. The highest BCUT2D eigenvalue weighted by Crippen LogP contribution is 2.31. The second-order valence-electron chi connectivity index (χ2n) is 4.43. The summed E-state index contributed by atoms with van der Waals surface area (Å²) in [6.07, 6.45) is 2.97. The summed E-state index contributed by atoms with van der Waals surface area (Å²) in [5.74, 6) is -2.04. The summed E-state index contributed by atoms with van der Waals surface area (Å²) in [7, 11) is 0. The number of hydrogen-bond donors (Lipinski definition) is 1. The second-order valence-corrected chi connectivity index (χ2v) is 4.43. The molecule has 0 radical (unpaired) electrons. The van der Waals surface area contributed by atoms with E-state index in [0.29, 0.717) is 23.5 Å². The number of anilines is 1. The smallest absolute Gasteiger partial charge is 0.298 e. The Kier molecular flexibility index (Phi) is 4.06. The first-order chi connectivity index (χ1) is 9.90. The number of aryl methyl sites for hydroxylation is 1. The van der Waals surface area contributed by atoms with E-state index in [-0.39, 0.29) is 5.69 Å². The van der Waals surface area contributed by atoms with Crippen molar-refractivity contribution >= 4 is 11.4 Å². The Morgan fingerprint density at radius 1 is 1.29 bits per heavy atom. The van der Waals surface area contributed by atoms with Crippen LogP contribution in [0.2, 0.25) is 0 Å². The number of hydrogen-bond acceptors (Lipinski definition) is 5. The SMILES string of the molecule is Cc1nccnc1C(C)Nc1c(F)cc(F)cc1[N+](=O)[O-]. The third kappa shape index (κ3) is 3.10. The molecule has 0 saturated heterocycles. The number of nitrogens with one attached hydrogen (secondary N) is 1. The maximum Gasteiger partial charge on any atom is 0.298 e. The minimum absolute atomic E-state index is 0.376. The van der Waals surface area contributed by atoms with Crippen molar-refractivity contribution in [2.45, 2.75) is 19.9 Å². The van der Waals surface area contributed by atoms with Crippen LogP contribution < -0.4 is 5.32 Å². The van der Waals surface area contributed by atoms with E-state index in [1.807, 2.05) is 0 Å². The number of rotatable bonds is 4. The Bertz CT molecular complexity index is 694. The van der Waals surface area contributed by atoms with Gasteiger partial charge in [0.05, 0.1) is 28.4 Å². The topological polar surface area (TPSA) is 81.0 Å². The molecule has 21 heavy (non-hydrogen) atoms. The summed E-state index contributed by atoms with van der Waals surface area (Å²) >= 11 is 0. The number of benzene rings is 1. The minimum Gasteiger partial charge on any atom is -0.369 e. The molecule has 1 atom stereocenters. The van der Waals surface area contributed by atoms with Crippen molar-refractivity contribution in [3.05, 3.63) is 57.7 Å². The molecule has 0 spiro atoms. The highest BCUT2D eigenvalue weighted by atomic mass is 19.1. The van der Waals surface area contributed by atoms with E-state index < -0.39 is 28.3 Å². The lowest BCUT2D eigenvalue weighted by atomic mass is 10.1. The molecule has 1 aromatic carbocycles. The van der Waals surface area contributed by atoms with E-state index in [1.165, 1.54) is 12.4 Å². The minimum atomic E-state index is -1.03. The fourth-order valence-electron chi connectivity index (χ4n) is 1.98. The average molecular weight is 294 g/mol. The highest BCUT2D eigenvalue weighted by Gasteiger charge is 2.23. The van der Waals surface area contributed by atoms with Crippen LogP contribution >= 0.6 is 0 Å². The van der Waals surface area contributed by atoms with Gasteiger partial charge < -0.3 is 5.32 Å². The average Bonchev–Trinajstić information content (AvgIpc) is 2.41. The van der Waals surface area contributed by atoms with Crippen LogP contribution in [-0.4, -0.2) is 14.9 Å². The predicted molar refractivity (Wildman–Crippen MR) is 71.8 cm³/mol. The Hall–Kier alpha value is -2.64. The van der Waals surface area contributed by atoms with Gasteiger partial charge in [-0.25, -0.2) is 8.78 Å². The van der Waals surface area contributed by atoms with Gasteiger partial charge in [0, 0.05) is 18.5 Å². The molecule has 1 aromatic heterocycles. The summed E-state index contributed by atoms with van der Waals surface area (Å²) in [4.78, 5) is 18.2. The number of halogens is 2. The molecule has 0 aliphatic carbocycles. The molecule has 2 rings (SSSR count). The van der Waals surface area contributed by atoms with Gasteiger partial charge in [0.1, 0.15) is 11.5 Å². The van der Waals surface area contributed by atoms with Crippen LogP contribution in [0, 0.1) is 28.7 Å². The third-order valence-electron chi connectivity index (χ3n) is 2.92. The standard InChI is InChI=1S/C13H12F2N4O2/c1-7-12(17-4-3-16-7)8(2)18-13-10(15)5-9(14)6-11(13)19(20)21/h3-6,8,18H,1-2H3. The van der Waals surface area contributed by atoms with Gasteiger partial charge in [0.15, 0.2) is 5.82 Å². The molecular formula is C13H12F2N4O2. The van der Waals surface area contributed by atoms with Gasteiger partial charge in [-0.05, 0) is 13.8 Å². The van der Waals surface area contributed by atoms with Crippen LogP contribution in [-0.2, 0) is 0 Å². The van der Waals surface area contributed by atoms with E-state index in [1.54, 1.807) is 13.8 Å². The lowest BCUT2D eigenvalue weighted by molar-refractivity contribution is -0.384. The molecule has 0 aliphatic rings. The fourth-order valence-corrected chi connectivity index (χ4v) is 1.98. The van der Waals surface area contributed by atoms with Crippen molar-refractivity contribution in [3.63, 3.8) is 0 Å². The van der Waals surface area contributed by atoms with Crippen molar-refractivity contribution in [1.82, 2.24) is 9.97 Å². The lowest BCUT2D eigenvalue weighted by Crippen LogP contribution is -2.13. The van der Waals surface area contributed by atoms with Gasteiger partial charge in [-0.1, -0.05) is 0 Å². The molecule has 6 nitrogen and oxygen atoms in total.